The third-order valence-corrected chi connectivity index (χ3v) is 5.73. The molecule has 0 fully saturated rings. The van der Waals surface area contributed by atoms with E-state index < -0.39 is 0 Å². The average Bonchev–Trinajstić information content (AvgIpc) is 2.74. The van der Waals surface area contributed by atoms with Crippen molar-refractivity contribution in [2.75, 3.05) is 6.54 Å². The highest BCUT2D eigenvalue weighted by molar-refractivity contribution is 5.91. The summed E-state index contributed by atoms with van der Waals surface area (Å²) < 4.78 is 5.49. The highest BCUT2D eigenvalue weighted by Gasteiger charge is 2.29. The van der Waals surface area contributed by atoms with Crippen molar-refractivity contribution in [1.29, 1.82) is 0 Å². The lowest BCUT2D eigenvalue weighted by atomic mass is 9.87. The molecule has 1 unspecified atom stereocenters. The van der Waals surface area contributed by atoms with E-state index in [0.29, 0.717) is 12.1 Å². The van der Waals surface area contributed by atoms with E-state index in [1.807, 2.05) is 38.1 Å². The van der Waals surface area contributed by atoms with Gasteiger partial charge in [-0.3, -0.25) is 4.90 Å². The minimum absolute atomic E-state index is 0.132. The second kappa shape index (κ2) is 8.85. The van der Waals surface area contributed by atoms with Crippen LogP contribution < -0.4 is 0 Å². The van der Waals surface area contributed by atoms with Gasteiger partial charge in [0.25, 0.3) is 0 Å². The molecule has 154 valence electrons. The van der Waals surface area contributed by atoms with Crippen molar-refractivity contribution in [1.82, 2.24) is 4.90 Å². The number of carbonyl (C=O) groups is 1. The molecule has 1 aliphatic heterocycles. The van der Waals surface area contributed by atoms with Gasteiger partial charge in [-0.25, -0.2) is 4.79 Å². The SMILES string of the molecule is Cc1ccc(C2c3ccccc3CCN2Cc2ccccc2C(=O)OC(C)C)cc1. The largest absolute Gasteiger partial charge is 0.459 e. The van der Waals surface area contributed by atoms with Crippen molar-refractivity contribution in [3.8, 4) is 0 Å². The van der Waals surface area contributed by atoms with Crippen LogP contribution >= 0.6 is 0 Å². The number of nitrogens with zero attached hydrogens (tertiary/aromatic N) is 1. The Morgan fingerprint density at radius 3 is 2.47 bits per heavy atom. The molecule has 4 rings (SSSR count). The standard InChI is InChI=1S/C27H29NO2/c1-19(2)30-27(29)25-11-7-5-9-23(25)18-28-17-16-21-8-4-6-10-24(21)26(28)22-14-12-20(3)13-15-22/h4-15,19,26H,16-18H2,1-3H3. The van der Waals surface area contributed by atoms with Crippen molar-refractivity contribution in [3.05, 3.63) is 106 Å². The minimum atomic E-state index is -0.245. The number of hydrogen-bond acceptors (Lipinski definition) is 3. The molecule has 3 heteroatoms. The van der Waals surface area contributed by atoms with Crippen LogP contribution in [0.4, 0.5) is 0 Å². The maximum atomic E-state index is 12.7. The molecule has 0 aliphatic carbocycles. The molecule has 3 nitrogen and oxygen atoms in total. The first-order chi connectivity index (χ1) is 14.5. The number of hydrogen-bond donors (Lipinski definition) is 0. The van der Waals surface area contributed by atoms with Gasteiger partial charge in [0.2, 0.25) is 0 Å². The molecule has 30 heavy (non-hydrogen) atoms. The first-order valence-electron chi connectivity index (χ1n) is 10.7. The Morgan fingerprint density at radius 2 is 1.70 bits per heavy atom. The van der Waals surface area contributed by atoms with Gasteiger partial charge in [0.1, 0.15) is 0 Å². The lowest BCUT2D eigenvalue weighted by Crippen LogP contribution is -2.36. The molecule has 0 saturated heterocycles. The van der Waals surface area contributed by atoms with Crippen LogP contribution in [-0.4, -0.2) is 23.5 Å². The summed E-state index contributed by atoms with van der Waals surface area (Å²) in [5, 5.41) is 0. The topological polar surface area (TPSA) is 29.5 Å². The molecule has 3 aromatic carbocycles. The van der Waals surface area contributed by atoms with Crippen LogP contribution in [0.2, 0.25) is 0 Å². The van der Waals surface area contributed by atoms with E-state index in [4.69, 9.17) is 4.74 Å². The Morgan fingerprint density at radius 1 is 1.00 bits per heavy atom. The fourth-order valence-corrected chi connectivity index (χ4v) is 4.28. The zero-order chi connectivity index (χ0) is 21.1. The van der Waals surface area contributed by atoms with Crippen molar-refractivity contribution >= 4 is 5.97 Å². The Hall–Kier alpha value is -2.91. The number of ether oxygens (including phenoxy) is 1. The first kappa shape index (κ1) is 20.4. The average molecular weight is 400 g/mol. The normalized spacial score (nSPS) is 16.3. The Bertz CT molecular complexity index is 1020. The van der Waals surface area contributed by atoms with E-state index in [9.17, 15) is 4.79 Å². The Kier molecular flexibility index (Phi) is 6.01. The first-order valence-corrected chi connectivity index (χ1v) is 10.7. The summed E-state index contributed by atoms with van der Waals surface area (Å²) in [7, 11) is 0. The van der Waals surface area contributed by atoms with Crippen molar-refractivity contribution < 1.29 is 9.53 Å². The van der Waals surface area contributed by atoms with Gasteiger partial charge in [0.05, 0.1) is 17.7 Å². The van der Waals surface area contributed by atoms with Gasteiger partial charge in [-0.05, 0) is 55.5 Å². The third kappa shape index (κ3) is 4.31. The summed E-state index contributed by atoms with van der Waals surface area (Å²) in [5.74, 6) is -0.245. The molecular formula is C27H29NO2. The van der Waals surface area contributed by atoms with E-state index in [2.05, 4.69) is 60.4 Å². The van der Waals surface area contributed by atoms with Crippen molar-refractivity contribution in [3.63, 3.8) is 0 Å². The zero-order valence-corrected chi connectivity index (χ0v) is 18.0. The van der Waals surface area contributed by atoms with Gasteiger partial charge in [-0.1, -0.05) is 72.3 Å². The lowest BCUT2D eigenvalue weighted by Gasteiger charge is -2.38. The summed E-state index contributed by atoms with van der Waals surface area (Å²) in [6.07, 6.45) is 0.879. The van der Waals surface area contributed by atoms with Gasteiger partial charge < -0.3 is 4.74 Å². The van der Waals surface area contributed by atoms with Crippen molar-refractivity contribution in [2.24, 2.45) is 0 Å². The number of rotatable bonds is 5. The van der Waals surface area contributed by atoms with Gasteiger partial charge in [0.15, 0.2) is 0 Å². The van der Waals surface area contributed by atoms with Gasteiger partial charge >= 0.3 is 5.97 Å². The number of benzene rings is 3. The Balaban J connectivity index is 1.70. The van der Waals surface area contributed by atoms with Crippen LogP contribution in [0, 0.1) is 6.92 Å². The molecule has 0 saturated carbocycles. The van der Waals surface area contributed by atoms with Gasteiger partial charge in [-0.2, -0.15) is 0 Å². The fourth-order valence-electron chi connectivity index (χ4n) is 4.28. The van der Waals surface area contributed by atoms with Gasteiger partial charge in [0, 0.05) is 13.1 Å². The fraction of sp³-hybridized carbons (Fsp3) is 0.296. The highest BCUT2D eigenvalue weighted by atomic mass is 16.5. The molecule has 0 spiro atoms. The third-order valence-electron chi connectivity index (χ3n) is 5.73. The maximum Gasteiger partial charge on any atom is 0.338 e. The van der Waals surface area contributed by atoms with Crippen LogP contribution in [0.25, 0.3) is 0 Å². The molecule has 1 atom stereocenters. The van der Waals surface area contributed by atoms with Gasteiger partial charge in [-0.15, -0.1) is 0 Å². The number of fused-ring (bicyclic) bond motifs is 1. The van der Waals surface area contributed by atoms with Crippen molar-refractivity contribution in [2.45, 2.75) is 45.9 Å². The molecule has 0 aromatic heterocycles. The second-order valence-corrected chi connectivity index (χ2v) is 8.34. The summed E-state index contributed by atoms with van der Waals surface area (Å²) in [4.78, 5) is 15.1. The summed E-state index contributed by atoms with van der Waals surface area (Å²) in [5.41, 5.74) is 6.99. The number of carbonyl (C=O) groups excluding carboxylic acids is 1. The molecular weight excluding hydrogens is 370 g/mol. The van der Waals surface area contributed by atoms with Crippen LogP contribution in [0.3, 0.4) is 0 Å². The predicted molar refractivity (Wildman–Crippen MR) is 121 cm³/mol. The van der Waals surface area contributed by atoms with E-state index >= 15 is 0 Å². The molecule has 0 N–H and O–H groups in total. The molecule has 3 aromatic rings. The van der Waals surface area contributed by atoms with E-state index in [1.54, 1.807) is 0 Å². The molecule has 0 amide bonds. The summed E-state index contributed by atoms with van der Waals surface area (Å²) >= 11 is 0. The van der Waals surface area contributed by atoms with E-state index in [-0.39, 0.29) is 18.1 Å². The smallest absolute Gasteiger partial charge is 0.338 e. The second-order valence-electron chi connectivity index (χ2n) is 8.34. The molecule has 1 aliphatic rings. The zero-order valence-electron chi connectivity index (χ0n) is 18.0. The van der Waals surface area contributed by atoms with Crippen LogP contribution in [0.5, 0.6) is 0 Å². The Labute approximate surface area is 179 Å². The van der Waals surface area contributed by atoms with Crippen LogP contribution in [0.15, 0.2) is 72.8 Å². The molecule has 0 bridgehead atoms. The number of aryl methyl sites for hydroxylation is 1. The minimum Gasteiger partial charge on any atom is -0.459 e. The highest BCUT2D eigenvalue weighted by Crippen LogP contribution is 2.36. The van der Waals surface area contributed by atoms with Crippen LogP contribution in [-0.2, 0) is 17.7 Å². The monoisotopic (exact) mass is 399 g/mol. The lowest BCUT2D eigenvalue weighted by molar-refractivity contribution is 0.0375. The van der Waals surface area contributed by atoms with Crippen LogP contribution in [0.1, 0.15) is 58.1 Å². The summed E-state index contributed by atoms with van der Waals surface area (Å²) in [6, 6.07) is 25.5. The quantitative estimate of drug-likeness (QED) is 0.515. The van der Waals surface area contributed by atoms with E-state index in [0.717, 1.165) is 18.5 Å². The predicted octanol–water partition coefficient (Wildman–Crippen LogP) is 5.71. The summed E-state index contributed by atoms with van der Waals surface area (Å²) in [6.45, 7) is 7.54. The number of esters is 1. The maximum absolute atomic E-state index is 12.7. The molecule has 0 radical (unpaired) electrons. The molecule has 1 heterocycles. The van der Waals surface area contributed by atoms with E-state index in [1.165, 1.54) is 22.3 Å².